The molecule has 0 nitrogen and oxygen atoms in total. The average Bonchev–Trinajstić information content (AvgIpc) is 3.48. The quantitative estimate of drug-likeness (QED) is 0.172. The maximum atomic E-state index is 8.30. The van der Waals surface area contributed by atoms with Gasteiger partial charge in [0.2, 0.25) is 0 Å². The van der Waals surface area contributed by atoms with E-state index >= 15 is 0 Å². The third kappa shape index (κ3) is 3.78. The molecule has 0 spiro atoms. The Kier molecular flexibility index (Phi) is 6.36. The van der Waals surface area contributed by atoms with Crippen LogP contribution in [0.4, 0.5) is 0 Å². The van der Waals surface area contributed by atoms with Crippen molar-refractivity contribution in [1.82, 2.24) is 0 Å². The van der Waals surface area contributed by atoms with Crippen LogP contribution < -0.4 is 3.27 Å². The molecule has 0 saturated carbocycles. The van der Waals surface area contributed by atoms with E-state index in [2.05, 4.69) is 118 Å². The Morgan fingerprint density at radius 1 is 0.811 bits per heavy atom. The van der Waals surface area contributed by atoms with Gasteiger partial charge in [0.25, 0.3) is 0 Å². The third-order valence-corrected chi connectivity index (χ3v) is 58.9. The summed E-state index contributed by atoms with van der Waals surface area (Å²) in [5.41, 5.74) is 13.4. The molecule has 0 aromatic heterocycles. The zero-order valence-corrected chi connectivity index (χ0v) is 27.1. The van der Waals surface area contributed by atoms with Crippen molar-refractivity contribution >= 4 is 32.3 Å². The van der Waals surface area contributed by atoms with Gasteiger partial charge >= 0.3 is 232 Å². The second-order valence-electron chi connectivity index (χ2n) is 11.2. The van der Waals surface area contributed by atoms with Crippen molar-refractivity contribution in [3.05, 3.63) is 118 Å². The molecule has 0 fully saturated rings. The summed E-state index contributed by atoms with van der Waals surface area (Å²) in [6.07, 6.45) is 4.33. The van der Waals surface area contributed by atoms with E-state index < -0.39 is 21.5 Å². The van der Waals surface area contributed by atoms with Crippen molar-refractivity contribution in [1.29, 1.82) is 0 Å². The summed E-state index contributed by atoms with van der Waals surface area (Å²) in [6.45, 7) is 9.22. The molecular formula is C33H33Cl2SiZr. The van der Waals surface area contributed by atoms with E-state index in [1.54, 1.807) is 0 Å². The van der Waals surface area contributed by atoms with Crippen LogP contribution >= 0.6 is 17.0 Å². The van der Waals surface area contributed by atoms with Crippen LogP contribution in [-0.2, 0) is 22.0 Å². The van der Waals surface area contributed by atoms with Gasteiger partial charge in [0.1, 0.15) is 0 Å². The summed E-state index contributed by atoms with van der Waals surface area (Å²) in [5.74, 6) is -1.54. The van der Waals surface area contributed by atoms with Crippen LogP contribution in [0.5, 0.6) is 0 Å². The molecule has 0 aliphatic heterocycles. The van der Waals surface area contributed by atoms with E-state index in [0.29, 0.717) is 0 Å². The van der Waals surface area contributed by atoms with Crippen LogP contribution in [-0.4, -0.2) is 5.92 Å². The van der Waals surface area contributed by atoms with Crippen LogP contribution in [0.1, 0.15) is 44.8 Å². The van der Waals surface area contributed by atoms with E-state index in [1.807, 2.05) is 0 Å². The first-order valence-corrected chi connectivity index (χ1v) is 29.5. The van der Waals surface area contributed by atoms with Crippen LogP contribution in [0, 0.1) is 6.92 Å². The Bertz CT molecular complexity index is 1570. The number of aryl methyl sites for hydroxylation is 1. The Hall–Kier alpha value is -1.70. The molecule has 4 aromatic carbocycles. The Balaban J connectivity index is 1.59. The summed E-state index contributed by atoms with van der Waals surface area (Å²) < 4.78 is 1.44. The number of allylic oxidation sites excluding steroid dienone is 1. The number of benzene rings is 4. The van der Waals surface area contributed by atoms with E-state index in [0.717, 1.165) is 12.8 Å². The van der Waals surface area contributed by atoms with Gasteiger partial charge in [0, 0.05) is 0 Å². The minimum absolute atomic E-state index is 0.122. The zero-order chi connectivity index (χ0) is 26.0. The molecule has 1 unspecified atom stereocenters. The number of hydrogen-bond donors (Lipinski definition) is 0. The fraction of sp³-hybridized carbons (Fsp3) is 0.212. The van der Waals surface area contributed by atoms with Gasteiger partial charge in [-0.1, -0.05) is 0 Å². The Morgan fingerprint density at radius 2 is 1.49 bits per heavy atom. The summed E-state index contributed by atoms with van der Waals surface area (Å²) in [6, 6.07) is 31.2. The molecule has 37 heavy (non-hydrogen) atoms. The average molecular weight is 620 g/mol. The molecule has 0 bridgehead atoms. The molecule has 1 atom stereocenters. The second-order valence-corrected chi connectivity index (χ2v) is 52.6. The molecule has 4 aromatic rings. The van der Waals surface area contributed by atoms with E-state index in [4.69, 9.17) is 17.0 Å². The fourth-order valence-electron chi connectivity index (χ4n) is 6.78. The van der Waals surface area contributed by atoms with E-state index in [1.165, 1.54) is 58.9 Å². The molecule has 0 saturated heterocycles. The van der Waals surface area contributed by atoms with Crippen LogP contribution in [0.2, 0.25) is 13.1 Å². The van der Waals surface area contributed by atoms with E-state index in [9.17, 15) is 0 Å². The monoisotopic (exact) mass is 617 g/mol. The first kappa shape index (κ1) is 25.6. The number of fused-ring (bicyclic) bond motifs is 4. The van der Waals surface area contributed by atoms with Gasteiger partial charge in [-0.05, 0) is 0 Å². The van der Waals surface area contributed by atoms with Gasteiger partial charge in [-0.2, -0.15) is 0 Å². The number of hydrogen-bond acceptors (Lipinski definition) is 0. The van der Waals surface area contributed by atoms with Crippen LogP contribution in [0.3, 0.4) is 0 Å². The van der Waals surface area contributed by atoms with Gasteiger partial charge in [0.15, 0.2) is 0 Å². The topological polar surface area (TPSA) is 0 Å². The molecule has 2 aliphatic rings. The summed E-state index contributed by atoms with van der Waals surface area (Å²) in [7, 11) is 16.6. The minimum atomic E-state index is -4.65. The van der Waals surface area contributed by atoms with Crippen molar-refractivity contribution in [2.75, 3.05) is 0 Å². The van der Waals surface area contributed by atoms with Gasteiger partial charge in [-0.25, -0.2) is 0 Å². The third-order valence-electron chi connectivity index (χ3n) is 8.88. The van der Waals surface area contributed by atoms with Gasteiger partial charge in [-0.15, -0.1) is 0 Å². The molecule has 4 heteroatoms. The molecule has 0 radical (unpaired) electrons. The summed E-state index contributed by atoms with van der Waals surface area (Å²) in [5, 5.41) is 0. The van der Waals surface area contributed by atoms with Crippen LogP contribution in [0.25, 0.3) is 28.3 Å². The summed E-state index contributed by atoms with van der Waals surface area (Å²) >= 11 is -4.65. The van der Waals surface area contributed by atoms with Crippen molar-refractivity contribution in [3.8, 4) is 22.3 Å². The van der Waals surface area contributed by atoms with Crippen LogP contribution in [0.15, 0.2) is 90.5 Å². The molecule has 187 valence electrons. The van der Waals surface area contributed by atoms with Gasteiger partial charge < -0.3 is 0 Å². The van der Waals surface area contributed by atoms with Crippen molar-refractivity contribution in [2.24, 2.45) is 0 Å². The van der Waals surface area contributed by atoms with E-state index in [-0.39, 0.29) is 3.63 Å². The Morgan fingerprint density at radius 3 is 2.22 bits per heavy atom. The van der Waals surface area contributed by atoms with Crippen molar-refractivity contribution in [2.45, 2.75) is 43.4 Å². The molecule has 2 aliphatic carbocycles. The van der Waals surface area contributed by atoms with Gasteiger partial charge in [0.05, 0.1) is 0 Å². The molecule has 0 amide bonds. The first-order valence-electron chi connectivity index (χ1n) is 13.4. The normalized spacial score (nSPS) is 17.1. The number of halogens is 2. The molecule has 0 N–H and O–H groups in total. The molecular weight excluding hydrogens is 587 g/mol. The second kappa shape index (κ2) is 9.20. The predicted octanol–water partition coefficient (Wildman–Crippen LogP) is 9.39. The van der Waals surface area contributed by atoms with Gasteiger partial charge in [-0.3, -0.25) is 0 Å². The predicted molar refractivity (Wildman–Crippen MR) is 163 cm³/mol. The van der Waals surface area contributed by atoms with Crippen molar-refractivity contribution < 1.29 is 15.6 Å². The maximum absolute atomic E-state index is 8.30. The molecule has 0 heterocycles. The Labute approximate surface area is 230 Å². The van der Waals surface area contributed by atoms with Crippen molar-refractivity contribution in [3.63, 3.8) is 0 Å². The number of rotatable bonds is 5. The molecule has 6 rings (SSSR count). The standard InChI is InChI=1S/C18H17.C13H9.C2H7Si.2ClH.Zr/c1-3-14-11-16-5-4-6-17(18(16)12-14)15-9-7-13(2)8-10-15;1-3-7-12-10(5-1)9-11-6-2-4-8-13(11)12;1-3-2;;;/h4-12H,3H2,1-2H3;1-5,7-8H,9H2;3H,1-2H3;2*1H;/q;;;;;+2/p-2. The summed E-state index contributed by atoms with van der Waals surface area (Å²) in [4.78, 5) is 0. The first-order chi connectivity index (χ1) is 17.7. The zero-order valence-electron chi connectivity index (χ0n) is 22.0. The SMILES string of the molecule is CCC1=Cc2c(-c3ccc(C)cc3)cccc2[CH]1[Zr]([Cl])([Cl])([c]1cccc2c1Cc1ccccc1-2)[SiH](C)C. The fourth-order valence-corrected chi connectivity index (χ4v) is 34.8.